The average Bonchev–Trinajstić information content (AvgIpc) is 3.08. The van der Waals surface area contributed by atoms with Crippen LogP contribution in [0.1, 0.15) is 17.3 Å². The van der Waals surface area contributed by atoms with E-state index in [4.69, 9.17) is 16.3 Å². The quantitative estimate of drug-likeness (QED) is 0.465. The Balaban J connectivity index is 2.08. The molecule has 0 amide bonds. The van der Waals surface area contributed by atoms with Gasteiger partial charge in [-0.05, 0) is 19.1 Å². The van der Waals surface area contributed by atoms with E-state index in [0.29, 0.717) is 0 Å². The molecule has 2 aromatic heterocycles. The molecular weight excluding hydrogens is 417 g/mol. The normalized spacial score (nSPS) is 11.4. The lowest BCUT2D eigenvalue weighted by Gasteiger charge is -2.11. The molecule has 0 aliphatic heterocycles. The number of carbonyl (C=O) groups is 1. The third kappa shape index (κ3) is 3.68. The van der Waals surface area contributed by atoms with Crippen LogP contribution in [0.2, 0.25) is 5.02 Å². The molecule has 1 N–H and O–H groups in total. The van der Waals surface area contributed by atoms with E-state index in [1.165, 1.54) is 18.2 Å². The highest BCUT2D eigenvalue weighted by molar-refractivity contribution is 7.92. The van der Waals surface area contributed by atoms with Crippen LogP contribution in [0.3, 0.4) is 0 Å². The molecule has 0 spiro atoms. The van der Waals surface area contributed by atoms with Crippen molar-refractivity contribution in [2.24, 2.45) is 0 Å². The summed E-state index contributed by atoms with van der Waals surface area (Å²) in [6.45, 7) is 1.79. The summed E-state index contributed by atoms with van der Waals surface area (Å²) in [6, 6.07) is 4.80. The van der Waals surface area contributed by atoms with Gasteiger partial charge in [-0.25, -0.2) is 4.79 Å². The summed E-state index contributed by atoms with van der Waals surface area (Å²) in [7, 11) is -3.26. The SMILES string of the molecule is CCOc1nc(F)cc2nc(S(=O)(=O)Nc3c(Cl)cccc3C(=O)OC)nn12. The Hall–Kier alpha value is -2.99. The van der Waals surface area contributed by atoms with Gasteiger partial charge < -0.3 is 9.47 Å². The summed E-state index contributed by atoms with van der Waals surface area (Å²) in [5, 5.41) is 3.07. The van der Waals surface area contributed by atoms with Crippen molar-refractivity contribution >= 4 is 38.9 Å². The number of carbonyl (C=O) groups excluding carboxylic acids is 1. The highest BCUT2D eigenvalue weighted by Gasteiger charge is 2.26. The highest BCUT2D eigenvalue weighted by atomic mass is 35.5. The molecule has 3 aromatic rings. The van der Waals surface area contributed by atoms with E-state index in [9.17, 15) is 17.6 Å². The number of sulfonamides is 1. The Labute approximate surface area is 163 Å². The Morgan fingerprint density at radius 1 is 1.36 bits per heavy atom. The van der Waals surface area contributed by atoms with E-state index in [1.807, 2.05) is 0 Å². The summed E-state index contributed by atoms with van der Waals surface area (Å²) in [5.41, 5.74) is -0.446. The van der Waals surface area contributed by atoms with E-state index in [0.717, 1.165) is 17.7 Å². The Morgan fingerprint density at radius 3 is 2.79 bits per heavy atom. The molecule has 0 atom stereocenters. The first kappa shape index (κ1) is 19.8. The molecule has 2 heterocycles. The van der Waals surface area contributed by atoms with Gasteiger partial charge >= 0.3 is 12.0 Å². The minimum absolute atomic E-state index is 0.0436. The number of anilines is 1. The van der Waals surface area contributed by atoms with Gasteiger partial charge in [-0.1, -0.05) is 17.7 Å². The number of fused-ring (bicyclic) bond motifs is 1. The minimum atomic E-state index is -4.40. The van der Waals surface area contributed by atoms with Crippen LogP contribution in [0.4, 0.5) is 10.1 Å². The van der Waals surface area contributed by atoms with Crippen molar-refractivity contribution in [1.82, 2.24) is 19.6 Å². The van der Waals surface area contributed by atoms with Gasteiger partial charge in [0.25, 0.3) is 15.2 Å². The van der Waals surface area contributed by atoms with Crippen molar-refractivity contribution < 1.29 is 27.1 Å². The second kappa shape index (κ2) is 7.56. The maximum Gasteiger partial charge on any atom is 0.340 e. The van der Waals surface area contributed by atoms with Gasteiger partial charge in [0.1, 0.15) is 0 Å². The van der Waals surface area contributed by atoms with Crippen LogP contribution in [0, 0.1) is 5.95 Å². The molecular formula is C15H13ClFN5O5S. The number of nitrogens with one attached hydrogen (secondary N) is 1. The van der Waals surface area contributed by atoms with Gasteiger partial charge in [-0.3, -0.25) is 4.72 Å². The van der Waals surface area contributed by atoms with E-state index in [-0.39, 0.29) is 34.5 Å². The zero-order valence-electron chi connectivity index (χ0n) is 14.5. The first-order valence-electron chi connectivity index (χ1n) is 7.72. The number of halogens is 2. The fourth-order valence-electron chi connectivity index (χ4n) is 2.24. The number of hydrogen-bond acceptors (Lipinski definition) is 8. The summed E-state index contributed by atoms with van der Waals surface area (Å²) in [4.78, 5) is 19.2. The maximum atomic E-state index is 13.6. The third-order valence-electron chi connectivity index (χ3n) is 3.41. The predicted molar refractivity (Wildman–Crippen MR) is 95.5 cm³/mol. The number of benzene rings is 1. The molecule has 0 saturated heterocycles. The van der Waals surface area contributed by atoms with Crippen LogP contribution in [-0.4, -0.2) is 47.7 Å². The lowest BCUT2D eigenvalue weighted by molar-refractivity contribution is 0.0602. The van der Waals surface area contributed by atoms with E-state index < -0.39 is 27.1 Å². The summed E-state index contributed by atoms with van der Waals surface area (Å²) >= 11 is 6.03. The number of hydrogen-bond donors (Lipinski definition) is 1. The zero-order valence-corrected chi connectivity index (χ0v) is 16.1. The molecule has 0 bridgehead atoms. The van der Waals surface area contributed by atoms with E-state index in [2.05, 4.69) is 24.5 Å². The molecule has 13 heteroatoms. The number of nitrogens with zero attached hydrogens (tertiary/aromatic N) is 4. The number of esters is 1. The molecule has 148 valence electrons. The van der Waals surface area contributed by atoms with Gasteiger partial charge in [0.05, 0.1) is 30.0 Å². The molecule has 0 radical (unpaired) electrons. The van der Waals surface area contributed by atoms with Crippen molar-refractivity contribution in [3.05, 3.63) is 40.8 Å². The van der Waals surface area contributed by atoms with Gasteiger partial charge in [-0.15, -0.1) is 5.10 Å². The van der Waals surface area contributed by atoms with Crippen molar-refractivity contribution in [2.45, 2.75) is 12.1 Å². The monoisotopic (exact) mass is 429 g/mol. The topological polar surface area (TPSA) is 125 Å². The van der Waals surface area contributed by atoms with Crippen LogP contribution in [0.15, 0.2) is 29.4 Å². The average molecular weight is 430 g/mol. The third-order valence-corrected chi connectivity index (χ3v) is 4.86. The lowest BCUT2D eigenvalue weighted by Crippen LogP contribution is -2.18. The Bertz CT molecular complexity index is 1170. The number of para-hydroxylation sites is 1. The number of methoxy groups -OCH3 is 1. The Morgan fingerprint density at radius 2 is 2.11 bits per heavy atom. The van der Waals surface area contributed by atoms with Crippen molar-refractivity contribution in [2.75, 3.05) is 18.4 Å². The molecule has 0 unspecified atom stereocenters. The molecule has 28 heavy (non-hydrogen) atoms. The molecule has 1 aromatic carbocycles. The second-order valence-corrected chi connectivity index (χ2v) is 7.20. The summed E-state index contributed by atoms with van der Waals surface area (Å²) < 4.78 is 51.9. The zero-order chi connectivity index (χ0) is 20.5. The van der Waals surface area contributed by atoms with Gasteiger partial charge in [-0.2, -0.15) is 27.3 Å². The van der Waals surface area contributed by atoms with Crippen LogP contribution in [-0.2, 0) is 14.8 Å². The minimum Gasteiger partial charge on any atom is -0.465 e. The lowest BCUT2D eigenvalue weighted by atomic mass is 10.2. The summed E-state index contributed by atoms with van der Waals surface area (Å²) in [6.07, 6.45) is 0. The number of rotatable bonds is 6. The molecule has 0 fully saturated rings. The van der Waals surface area contributed by atoms with Crippen molar-refractivity contribution in [3.8, 4) is 6.01 Å². The smallest absolute Gasteiger partial charge is 0.340 e. The predicted octanol–water partition coefficient (Wildman–Crippen LogP) is 1.90. The first-order chi connectivity index (χ1) is 13.3. The Kier molecular flexibility index (Phi) is 5.34. The van der Waals surface area contributed by atoms with Crippen LogP contribution < -0.4 is 9.46 Å². The largest absolute Gasteiger partial charge is 0.465 e. The standard InChI is InChI=1S/C15H13ClFN5O5S/c1-3-27-15-18-10(17)7-11-19-14(20-22(11)15)28(24,25)21-12-8(13(23)26-2)5-4-6-9(12)16/h4-7,21H,3H2,1-2H3. The highest BCUT2D eigenvalue weighted by Crippen LogP contribution is 2.29. The van der Waals surface area contributed by atoms with Crippen LogP contribution in [0.25, 0.3) is 5.65 Å². The fourth-order valence-corrected chi connectivity index (χ4v) is 3.50. The van der Waals surface area contributed by atoms with Crippen molar-refractivity contribution in [1.29, 1.82) is 0 Å². The van der Waals surface area contributed by atoms with Crippen molar-refractivity contribution in [3.63, 3.8) is 0 Å². The second-order valence-electron chi connectivity index (χ2n) is 5.22. The number of aromatic nitrogens is 4. The van der Waals surface area contributed by atoms with E-state index >= 15 is 0 Å². The first-order valence-corrected chi connectivity index (χ1v) is 9.58. The summed E-state index contributed by atoms with van der Waals surface area (Å²) in [5.74, 6) is -1.72. The van der Waals surface area contributed by atoms with Gasteiger partial charge in [0.15, 0.2) is 5.65 Å². The molecule has 0 saturated carbocycles. The molecule has 0 aliphatic carbocycles. The van der Waals surface area contributed by atoms with E-state index in [1.54, 1.807) is 6.92 Å². The number of ether oxygens (including phenoxy) is 2. The molecule has 10 nitrogen and oxygen atoms in total. The fraction of sp³-hybridized carbons (Fsp3) is 0.200. The van der Waals surface area contributed by atoms with Gasteiger partial charge in [0.2, 0.25) is 5.95 Å². The van der Waals surface area contributed by atoms with Crippen LogP contribution in [0.5, 0.6) is 6.01 Å². The maximum absolute atomic E-state index is 13.6. The van der Waals surface area contributed by atoms with Crippen LogP contribution >= 0.6 is 11.6 Å². The van der Waals surface area contributed by atoms with Gasteiger partial charge in [0, 0.05) is 6.07 Å². The molecule has 3 rings (SSSR count). The molecule has 0 aliphatic rings.